The van der Waals surface area contributed by atoms with Crippen LogP contribution in [0.25, 0.3) is 0 Å². The minimum atomic E-state index is -0.138. The van der Waals surface area contributed by atoms with Crippen LogP contribution in [0.15, 0.2) is 24.3 Å². The first-order valence-electron chi connectivity index (χ1n) is 6.55. The lowest BCUT2D eigenvalue weighted by molar-refractivity contribution is 0.152. The third-order valence-corrected chi connectivity index (χ3v) is 3.87. The molecule has 94 valence electrons. The van der Waals surface area contributed by atoms with Crippen LogP contribution < -0.4 is 5.32 Å². The number of hydrogen-bond donors (Lipinski definition) is 1. The third kappa shape index (κ3) is 3.53. The molecule has 1 aromatic carbocycles. The summed E-state index contributed by atoms with van der Waals surface area (Å²) in [5, 5.41) is 3.57. The van der Waals surface area contributed by atoms with Gasteiger partial charge < -0.3 is 5.32 Å². The first kappa shape index (κ1) is 12.6. The third-order valence-electron chi connectivity index (χ3n) is 3.87. The Morgan fingerprint density at radius 2 is 2.18 bits per heavy atom. The van der Waals surface area contributed by atoms with Crippen molar-refractivity contribution in [2.24, 2.45) is 5.41 Å². The van der Waals surface area contributed by atoms with E-state index in [4.69, 9.17) is 0 Å². The lowest BCUT2D eigenvalue weighted by Gasteiger charge is -2.39. The van der Waals surface area contributed by atoms with Gasteiger partial charge in [0.05, 0.1) is 0 Å². The van der Waals surface area contributed by atoms with Crippen LogP contribution in [-0.2, 0) is 6.42 Å². The quantitative estimate of drug-likeness (QED) is 0.823. The van der Waals surface area contributed by atoms with E-state index in [0.717, 1.165) is 18.5 Å². The standard InChI is InChI=1S/C15H22FN/c1-12(17-11-15(2)7-4-8-15)9-13-5-3-6-14(16)10-13/h3,5-6,10,12,17H,4,7-9,11H2,1-2H3. The fraction of sp³-hybridized carbons (Fsp3) is 0.600. The van der Waals surface area contributed by atoms with Gasteiger partial charge in [-0.05, 0) is 49.3 Å². The maximum atomic E-state index is 13.0. The van der Waals surface area contributed by atoms with E-state index >= 15 is 0 Å². The molecule has 1 fully saturated rings. The second-order valence-electron chi connectivity index (χ2n) is 5.78. The van der Waals surface area contributed by atoms with Gasteiger partial charge in [-0.3, -0.25) is 0 Å². The summed E-state index contributed by atoms with van der Waals surface area (Å²) < 4.78 is 13.0. The molecule has 0 amide bonds. The molecule has 2 rings (SSSR count). The summed E-state index contributed by atoms with van der Waals surface area (Å²) in [7, 11) is 0. The molecule has 1 aromatic rings. The average molecular weight is 235 g/mol. The van der Waals surface area contributed by atoms with Crippen LogP contribution >= 0.6 is 0 Å². The first-order valence-corrected chi connectivity index (χ1v) is 6.55. The molecular formula is C15H22FN. The molecule has 17 heavy (non-hydrogen) atoms. The molecule has 1 aliphatic carbocycles. The Bertz CT molecular complexity index is 371. The molecule has 1 N–H and O–H groups in total. The van der Waals surface area contributed by atoms with Crippen LogP contribution in [-0.4, -0.2) is 12.6 Å². The van der Waals surface area contributed by atoms with Crippen LogP contribution in [0, 0.1) is 11.2 Å². The summed E-state index contributed by atoms with van der Waals surface area (Å²) >= 11 is 0. The SMILES string of the molecule is CC(Cc1cccc(F)c1)NCC1(C)CCC1. The highest BCUT2D eigenvalue weighted by molar-refractivity contribution is 5.17. The van der Waals surface area contributed by atoms with Crippen molar-refractivity contribution in [2.75, 3.05) is 6.54 Å². The van der Waals surface area contributed by atoms with Gasteiger partial charge >= 0.3 is 0 Å². The van der Waals surface area contributed by atoms with Crippen molar-refractivity contribution in [3.8, 4) is 0 Å². The van der Waals surface area contributed by atoms with Gasteiger partial charge in [-0.1, -0.05) is 25.5 Å². The first-order chi connectivity index (χ1) is 8.07. The highest BCUT2D eigenvalue weighted by atomic mass is 19.1. The zero-order valence-electron chi connectivity index (χ0n) is 10.8. The van der Waals surface area contributed by atoms with E-state index in [1.165, 1.54) is 25.3 Å². The maximum Gasteiger partial charge on any atom is 0.123 e. The van der Waals surface area contributed by atoms with E-state index in [-0.39, 0.29) is 5.82 Å². The van der Waals surface area contributed by atoms with E-state index < -0.39 is 0 Å². The van der Waals surface area contributed by atoms with Crippen LogP contribution in [0.2, 0.25) is 0 Å². The Balaban J connectivity index is 1.78. The van der Waals surface area contributed by atoms with Crippen LogP contribution in [0.5, 0.6) is 0 Å². The van der Waals surface area contributed by atoms with Crippen molar-refractivity contribution in [3.05, 3.63) is 35.6 Å². The highest BCUT2D eigenvalue weighted by Gasteiger charge is 2.31. The summed E-state index contributed by atoms with van der Waals surface area (Å²) in [4.78, 5) is 0. The van der Waals surface area contributed by atoms with Crippen LogP contribution in [0.4, 0.5) is 4.39 Å². The van der Waals surface area contributed by atoms with E-state index in [1.54, 1.807) is 12.1 Å². The van der Waals surface area contributed by atoms with E-state index in [2.05, 4.69) is 19.2 Å². The molecule has 2 heteroatoms. The number of hydrogen-bond acceptors (Lipinski definition) is 1. The van der Waals surface area contributed by atoms with Gasteiger partial charge in [0, 0.05) is 12.6 Å². The highest BCUT2D eigenvalue weighted by Crippen LogP contribution is 2.39. The summed E-state index contributed by atoms with van der Waals surface area (Å²) in [5.41, 5.74) is 1.58. The molecule has 0 spiro atoms. The van der Waals surface area contributed by atoms with Crippen molar-refractivity contribution in [3.63, 3.8) is 0 Å². The Hall–Kier alpha value is -0.890. The van der Waals surface area contributed by atoms with Crippen molar-refractivity contribution < 1.29 is 4.39 Å². The zero-order valence-corrected chi connectivity index (χ0v) is 10.8. The minimum absolute atomic E-state index is 0.138. The fourth-order valence-electron chi connectivity index (χ4n) is 2.47. The molecule has 0 saturated heterocycles. The predicted molar refractivity (Wildman–Crippen MR) is 69.5 cm³/mol. The normalized spacial score (nSPS) is 19.7. The molecule has 0 aliphatic heterocycles. The van der Waals surface area contributed by atoms with Gasteiger partial charge in [0.2, 0.25) is 0 Å². The predicted octanol–water partition coefficient (Wildman–Crippen LogP) is 3.54. The van der Waals surface area contributed by atoms with Gasteiger partial charge in [-0.25, -0.2) is 4.39 Å². The molecule has 0 heterocycles. The number of nitrogens with one attached hydrogen (secondary N) is 1. The molecule has 0 radical (unpaired) electrons. The molecule has 0 bridgehead atoms. The molecular weight excluding hydrogens is 213 g/mol. The lowest BCUT2D eigenvalue weighted by atomic mass is 9.70. The molecule has 1 nitrogen and oxygen atoms in total. The Kier molecular flexibility index (Phi) is 3.82. The van der Waals surface area contributed by atoms with Crippen molar-refractivity contribution >= 4 is 0 Å². The van der Waals surface area contributed by atoms with E-state index in [9.17, 15) is 4.39 Å². The Morgan fingerprint density at radius 1 is 1.41 bits per heavy atom. The number of benzene rings is 1. The molecule has 1 unspecified atom stereocenters. The lowest BCUT2D eigenvalue weighted by Crippen LogP contribution is -2.41. The van der Waals surface area contributed by atoms with Crippen molar-refractivity contribution in [1.29, 1.82) is 0 Å². The molecule has 1 atom stereocenters. The van der Waals surface area contributed by atoms with Crippen molar-refractivity contribution in [2.45, 2.75) is 45.6 Å². The van der Waals surface area contributed by atoms with Crippen molar-refractivity contribution in [1.82, 2.24) is 5.32 Å². The van der Waals surface area contributed by atoms with Crippen LogP contribution in [0.1, 0.15) is 38.7 Å². The summed E-state index contributed by atoms with van der Waals surface area (Å²) in [6.45, 7) is 5.61. The Morgan fingerprint density at radius 3 is 2.76 bits per heavy atom. The molecule has 1 saturated carbocycles. The summed E-state index contributed by atoms with van der Waals surface area (Å²) in [6.07, 6.45) is 4.95. The smallest absolute Gasteiger partial charge is 0.123 e. The van der Waals surface area contributed by atoms with Gasteiger partial charge in [-0.2, -0.15) is 0 Å². The monoisotopic (exact) mass is 235 g/mol. The van der Waals surface area contributed by atoms with Gasteiger partial charge in [-0.15, -0.1) is 0 Å². The topological polar surface area (TPSA) is 12.0 Å². The second kappa shape index (κ2) is 5.18. The largest absolute Gasteiger partial charge is 0.313 e. The molecule has 1 aliphatic rings. The molecule has 0 aromatic heterocycles. The summed E-state index contributed by atoms with van der Waals surface area (Å²) in [6, 6.07) is 7.31. The Labute approximate surface area is 103 Å². The van der Waals surface area contributed by atoms with Gasteiger partial charge in [0.15, 0.2) is 0 Å². The van der Waals surface area contributed by atoms with Gasteiger partial charge in [0.1, 0.15) is 5.82 Å². The van der Waals surface area contributed by atoms with Gasteiger partial charge in [0.25, 0.3) is 0 Å². The zero-order chi connectivity index (χ0) is 12.3. The van der Waals surface area contributed by atoms with E-state index in [0.29, 0.717) is 11.5 Å². The van der Waals surface area contributed by atoms with Crippen LogP contribution in [0.3, 0.4) is 0 Å². The minimum Gasteiger partial charge on any atom is -0.313 e. The van der Waals surface area contributed by atoms with E-state index in [1.807, 2.05) is 6.07 Å². The average Bonchev–Trinajstić information content (AvgIpc) is 2.24. The maximum absolute atomic E-state index is 13.0. The number of halogens is 1. The fourth-order valence-corrected chi connectivity index (χ4v) is 2.47. The number of rotatable bonds is 5. The summed E-state index contributed by atoms with van der Waals surface area (Å²) in [5.74, 6) is -0.138. The second-order valence-corrected chi connectivity index (χ2v) is 5.78.